The zero-order chi connectivity index (χ0) is 24.7. The van der Waals surface area contributed by atoms with Gasteiger partial charge in [-0.15, -0.1) is 0 Å². The molecule has 0 saturated heterocycles. The Kier molecular flexibility index (Phi) is 15.3. The number of esters is 1. The average Bonchev–Trinajstić information content (AvgIpc) is 2.77. The average molecular weight is 481 g/mol. The Morgan fingerprint density at radius 2 is 1.18 bits per heavy atom. The Balaban J connectivity index is 3.31. The van der Waals surface area contributed by atoms with E-state index in [4.69, 9.17) is 23.7 Å². The number of halogens is 2. The van der Waals surface area contributed by atoms with Crippen molar-refractivity contribution >= 4 is 5.97 Å². The van der Waals surface area contributed by atoms with Crippen LogP contribution in [0.2, 0.25) is 0 Å². The van der Waals surface area contributed by atoms with E-state index in [0.717, 1.165) is 51.9 Å². The van der Waals surface area contributed by atoms with Gasteiger partial charge in [0.25, 0.3) is 5.92 Å². The molecule has 0 aliphatic heterocycles. The van der Waals surface area contributed by atoms with Crippen LogP contribution in [0, 0.1) is 5.92 Å². The highest BCUT2D eigenvalue weighted by atomic mass is 19.3. The van der Waals surface area contributed by atoms with Crippen LogP contribution in [-0.4, -0.2) is 69.3 Å². The summed E-state index contributed by atoms with van der Waals surface area (Å²) in [5, 5.41) is 0. The van der Waals surface area contributed by atoms with Crippen molar-refractivity contribution in [3.8, 4) is 0 Å². The highest BCUT2D eigenvalue weighted by Gasteiger charge is 2.64. The van der Waals surface area contributed by atoms with Gasteiger partial charge in [0.15, 0.2) is 6.10 Å². The molecule has 0 aromatic heterocycles. The molecule has 0 radical (unpaired) electrons. The lowest BCUT2D eigenvalue weighted by Crippen LogP contribution is -2.68. The summed E-state index contributed by atoms with van der Waals surface area (Å²) in [7, 11) is 0. The highest BCUT2D eigenvalue weighted by Crippen LogP contribution is 2.44. The highest BCUT2D eigenvalue weighted by molar-refractivity contribution is 5.66. The number of alkyl halides is 2. The third-order valence-electron chi connectivity index (χ3n) is 5.87. The zero-order valence-electron chi connectivity index (χ0n) is 21.3. The fraction of sp³-hybridized carbons (Fsp3) is 0.960. The summed E-state index contributed by atoms with van der Waals surface area (Å²) in [5.41, 5.74) is 0. The van der Waals surface area contributed by atoms with Crippen molar-refractivity contribution in [1.29, 1.82) is 0 Å². The smallest absolute Gasteiger partial charge is 0.303 e. The Labute approximate surface area is 199 Å². The monoisotopic (exact) mass is 480 g/mol. The lowest BCUT2D eigenvalue weighted by atomic mass is 9.77. The molecule has 1 fully saturated rings. The molecule has 0 aromatic carbocycles. The van der Waals surface area contributed by atoms with E-state index in [1.165, 1.54) is 0 Å². The van der Waals surface area contributed by atoms with Crippen LogP contribution in [-0.2, 0) is 28.5 Å². The summed E-state index contributed by atoms with van der Waals surface area (Å²) in [6.07, 6.45) is 1.99. The van der Waals surface area contributed by atoms with Crippen LogP contribution >= 0.6 is 0 Å². The summed E-state index contributed by atoms with van der Waals surface area (Å²) in [4.78, 5) is 11.8. The normalized spacial score (nSPS) is 26.9. The number of hydrogen-bond acceptors (Lipinski definition) is 6. The first kappa shape index (κ1) is 30.2. The number of unbranched alkanes of at least 4 members (excludes halogenated alkanes) is 4. The Hall–Kier alpha value is -0.830. The van der Waals surface area contributed by atoms with Crippen LogP contribution in [0.25, 0.3) is 0 Å². The Bertz CT molecular complexity index is 519. The molecule has 0 N–H and O–H groups in total. The van der Waals surface area contributed by atoms with Crippen molar-refractivity contribution in [2.24, 2.45) is 5.92 Å². The van der Waals surface area contributed by atoms with Gasteiger partial charge < -0.3 is 23.7 Å². The van der Waals surface area contributed by atoms with Gasteiger partial charge in [-0.2, -0.15) is 0 Å². The third-order valence-corrected chi connectivity index (χ3v) is 5.87. The third kappa shape index (κ3) is 9.74. The van der Waals surface area contributed by atoms with Crippen LogP contribution < -0.4 is 0 Å². The van der Waals surface area contributed by atoms with Gasteiger partial charge in [0.1, 0.15) is 12.2 Å². The van der Waals surface area contributed by atoms with Crippen molar-refractivity contribution in [2.75, 3.05) is 33.0 Å². The maximum atomic E-state index is 15.9. The molecule has 0 unspecified atom stereocenters. The van der Waals surface area contributed by atoms with E-state index in [1.54, 1.807) is 0 Å². The fourth-order valence-corrected chi connectivity index (χ4v) is 3.90. The van der Waals surface area contributed by atoms with Crippen LogP contribution in [0.4, 0.5) is 8.78 Å². The molecule has 0 spiro atoms. The topological polar surface area (TPSA) is 63.2 Å². The Morgan fingerprint density at radius 3 is 1.67 bits per heavy atom. The van der Waals surface area contributed by atoms with E-state index in [1.807, 2.05) is 27.7 Å². The summed E-state index contributed by atoms with van der Waals surface area (Å²) in [6.45, 7) is 10.4. The van der Waals surface area contributed by atoms with Crippen molar-refractivity contribution < 1.29 is 37.3 Å². The SMILES string of the molecule is CCCCOC[C@@H]1[C@@H](OCCCC)[C@H](OCCCC)[C@@H](OCCCC)[C@H](OC(C)=O)C1(F)F. The molecule has 0 bridgehead atoms. The number of rotatable bonds is 18. The lowest BCUT2D eigenvalue weighted by Gasteiger charge is -2.49. The molecule has 1 aliphatic carbocycles. The second kappa shape index (κ2) is 16.7. The molecule has 0 amide bonds. The molecule has 0 aromatic rings. The fourth-order valence-electron chi connectivity index (χ4n) is 3.90. The van der Waals surface area contributed by atoms with E-state index >= 15 is 8.78 Å². The van der Waals surface area contributed by atoms with Crippen LogP contribution in [0.1, 0.15) is 86.0 Å². The van der Waals surface area contributed by atoms with E-state index in [0.29, 0.717) is 26.2 Å². The van der Waals surface area contributed by atoms with Crippen molar-refractivity contribution in [1.82, 2.24) is 0 Å². The van der Waals surface area contributed by atoms with Crippen molar-refractivity contribution in [3.63, 3.8) is 0 Å². The molecular weight excluding hydrogens is 434 g/mol. The molecule has 8 heteroatoms. The molecule has 0 heterocycles. The maximum absolute atomic E-state index is 15.9. The van der Waals surface area contributed by atoms with Gasteiger partial charge >= 0.3 is 5.97 Å². The molecule has 6 nitrogen and oxygen atoms in total. The largest absolute Gasteiger partial charge is 0.453 e. The second-order valence-corrected chi connectivity index (χ2v) is 8.81. The van der Waals surface area contributed by atoms with E-state index in [-0.39, 0.29) is 13.2 Å². The van der Waals surface area contributed by atoms with E-state index < -0.39 is 42.2 Å². The molecule has 1 aliphatic rings. The van der Waals surface area contributed by atoms with Crippen LogP contribution in [0.5, 0.6) is 0 Å². The van der Waals surface area contributed by atoms with E-state index in [2.05, 4.69) is 0 Å². The first-order chi connectivity index (χ1) is 15.8. The maximum Gasteiger partial charge on any atom is 0.303 e. The molecular formula is C25H46F2O6. The molecule has 1 saturated carbocycles. The predicted molar refractivity (Wildman–Crippen MR) is 124 cm³/mol. The zero-order valence-corrected chi connectivity index (χ0v) is 21.3. The minimum atomic E-state index is -3.39. The predicted octanol–water partition coefficient (Wildman–Crippen LogP) is 5.56. The van der Waals surface area contributed by atoms with E-state index in [9.17, 15) is 4.79 Å². The summed E-state index contributed by atoms with van der Waals surface area (Å²) >= 11 is 0. The van der Waals surface area contributed by atoms with Gasteiger partial charge in [-0.1, -0.05) is 53.4 Å². The van der Waals surface area contributed by atoms with Gasteiger partial charge in [-0.3, -0.25) is 4.79 Å². The molecule has 5 atom stereocenters. The van der Waals surface area contributed by atoms with Gasteiger partial charge in [0, 0.05) is 33.4 Å². The van der Waals surface area contributed by atoms with Crippen molar-refractivity contribution in [3.05, 3.63) is 0 Å². The van der Waals surface area contributed by atoms with Crippen molar-refractivity contribution in [2.45, 2.75) is 116 Å². The number of carbonyl (C=O) groups excluding carboxylic acids is 1. The number of hydrogen-bond donors (Lipinski definition) is 0. The summed E-state index contributed by atoms with van der Waals surface area (Å²) < 4.78 is 60.8. The first-order valence-corrected chi connectivity index (χ1v) is 12.8. The summed E-state index contributed by atoms with van der Waals surface area (Å²) in [6, 6.07) is 0. The standard InChI is InChI=1S/C25H46F2O6/c1-6-10-14-29-18-20-21(30-15-11-7-2)22(31-16-12-8-3)23(32-17-13-9-4)24(25(20,26)27)33-19(5)28/h20-24H,6-18H2,1-5H3/t20-,21-,22+,23-,24+/m1/s1. The molecule has 33 heavy (non-hydrogen) atoms. The molecule has 1 rings (SSSR count). The number of carbonyl (C=O) groups is 1. The second-order valence-electron chi connectivity index (χ2n) is 8.81. The lowest BCUT2D eigenvalue weighted by molar-refractivity contribution is -0.301. The number of ether oxygens (including phenoxy) is 5. The quantitative estimate of drug-likeness (QED) is 0.189. The minimum Gasteiger partial charge on any atom is -0.453 e. The minimum absolute atomic E-state index is 0.198. The first-order valence-electron chi connectivity index (χ1n) is 12.8. The van der Waals surface area contributed by atoms with Gasteiger partial charge in [0.05, 0.1) is 18.6 Å². The van der Waals surface area contributed by atoms with Gasteiger partial charge in [0.2, 0.25) is 0 Å². The summed E-state index contributed by atoms with van der Waals surface area (Å²) in [5.74, 6) is -5.48. The van der Waals surface area contributed by atoms with Gasteiger partial charge in [-0.05, 0) is 25.7 Å². The van der Waals surface area contributed by atoms with Gasteiger partial charge in [-0.25, -0.2) is 8.78 Å². The Morgan fingerprint density at radius 1 is 0.727 bits per heavy atom. The van der Waals surface area contributed by atoms with Crippen LogP contribution in [0.3, 0.4) is 0 Å². The molecule has 196 valence electrons. The van der Waals surface area contributed by atoms with Crippen LogP contribution in [0.15, 0.2) is 0 Å².